The fourth-order valence-electron chi connectivity index (χ4n) is 0.626. The average Bonchev–Trinajstić information content (AvgIpc) is 1.85. The summed E-state index contributed by atoms with van der Waals surface area (Å²) >= 11 is 16.6. The maximum absolute atomic E-state index is 5.54. The van der Waals surface area contributed by atoms with E-state index < -0.39 is 5.11 Å². The second kappa shape index (κ2) is 3.82. The zero-order valence-electron chi connectivity index (χ0n) is 5.42. The Labute approximate surface area is 79.7 Å². The minimum atomic E-state index is -2.60. The van der Waals surface area contributed by atoms with Crippen LogP contribution >= 0.6 is 38.8 Å². The van der Waals surface area contributed by atoms with Gasteiger partial charge in [-0.3, -0.25) is 0 Å². The normalized spacial score (nSPS) is 11.2. The van der Waals surface area contributed by atoms with Gasteiger partial charge in [0.15, 0.2) is 0 Å². The molecule has 60 valence electrons. The Morgan fingerprint density at radius 3 is 2.00 bits per heavy atom. The molecule has 0 aliphatic rings. The van der Waals surface area contributed by atoms with Gasteiger partial charge in [0.25, 0.3) is 0 Å². The predicted octanol–water partition coefficient (Wildman–Crippen LogP) is 4.98. The molecule has 5 heteroatoms. The number of hydrogen-bond acceptors (Lipinski definition) is 1. The molecular formula is C6H5Cl3NP. The van der Waals surface area contributed by atoms with Crippen LogP contribution in [-0.2, 0) is 0 Å². The number of halogens is 3. The van der Waals surface area contributed by atoms with Crippen LogP contribution in [0.1, 0.15) is 0 Å². The van der Waals surface area contributed by atoms with Crippen molar-refractivity contribution in [3.63, 3.8) is 0 Å². The third-order valence-corrected chi connectivity index (χ3v) is 2.12. The molecule has 0 atom stereocenters. The van der Waals surface area contributed by atoms with E-state index in [1.165, 1.54) is 0 Å². The molecule has 0 fully saturated rings. The van der Waals surface area contributed by atoms with Crippen LogP contribution < -0.4 is 0 Å². The van der Waals surface area contributed by atoms with E-state index in [4.69, 9.17) is 33.7 Å². The first-order valence-corrected chi connectivity index (χ1v) is 7.30. The van der Waals surface area contributed by atoms with Gasteiger partial charge in [0.05, 0.1) is 5.69 Å². The Balaban J connectivity index is 2.98. The van der Waals surface area contributed by atoms with E-state index >= 15 is 0 Å². The highest BCUT2D eigenvalue weighted by Gasteiger charge is 2.04. The molecule has 0 heterocycles. The maximum Gasteiger partial charge on any atom is 0.229 e. The summed E-state index contributed by atoms with van der Waals surface area (Å²) in [5, 5.41) is -2.60. The van der Waals surface area contributed by atoms with E-state index in [0.717, 1.165) is 0 Å². The molecule has 0 bridgehead atoms. The first kappa shape index (κ1) is 9.41. The number of rotatable bonds is 1. The molecule has 0 saturated carbocycles. The molecule has 0 amide bonds. The topological polar surface area (TPSA) is 12.4 Å². The van der Waals surface area contributed by atoms with Gasteiger partial charge in [-0.1, -0.05) is 18.2 Å². The van der Waals surface area contributed by atoms with Crippen LogP contribution in [0.3, 0.4) is 0 Å². The monoisotopic (exact) mass is 227 g/mol. The van der Waals surface area contributed by atoms with E-state index in [2.05, 4.69) is 4.74 Å². The van der Waals surface area contributed by atoms with Crippen molar-refractivity contribution in [1.82, 2.24) is 0 Å². The zero-order valence-corrected chi connectivity index (χ0v) is 8.58. The second-order valence-electron chi connectivity index (χ2n) is 1.85. The first-order chi connectivity index (χ1) is 5.08. The van der Waals surface area contributed by atoms with Crippen LogP contribution in [0.2, 0.25) is 0 Å². The highest BCUT2D eigenvalue weighted by atomic mass is 36.0. The summed E-state index contributed by atoms with van der Waals surface area (Å²) in [6.07, 6.45) is 0. The Hall–Kier alpha value is 0.320. The van der Waals surface area contributed by atoms with E-state index in [1.807, 2.05) is 18.2 Å². The van der Waals surface area contributed by atoms with Gasteiger partial charge in [-0.05, 0) is 45.9 Å². The molecule has 11 heavy (non-hydrogen) atoms. The lowest BCUT2D eigenvalue weighted by atomic mass is 10.3. The lowest BCUT2D eigenvalue weighted by Crippen LogP contribution is -1.58. The van der Waals surface area contributed by atoms with Crippen molar-refractivity contribution in [3.8, 4) is 0 Å². The first-order valence-electron chi connectivity index (χ1n) is 2.84. The van der Waals surface area contributed by atoms with E-state index in [-0.39, 0.29) is 0 Å². The third-order valence-electron chi connectivity index (χ3n) is 0.985. The fraction of sp³-hybridized carbons (Fsp3) is 0. The van der Waals surface area contributed by atoms with Crippen LogP contribution in [0.15, 0.2) is 35.1 Å². The lowest BCUT2D eigenvalue weighted by molar-refractivity contribution is 1.57. The molecule has 0 aromatic heterocycles. The summed E-state index contributed by atoms with van der Waals surface area (Å²) < 4.78 is 3.90. The van der Waals surface area contributed by atoms with Gasteiger partial charge in [0, 0.05) is 0 Å². The molecule has 1 nitrogen and oxygen atoms in total. The number of benzene rings is 1. The standard InChI is InChI=1S/C6H5Cl3NP/c7-11(8,9)10-6-4-2-1-3-5-6/h1-5H. The predicted molar refractivity (Wildman–Crippen MR) is 53.0 cm³/mol. The van der Waals surface area contributed by atoms with E-state index in [1.54, 1.807) is 12.1 Å². The molecule has 0 radical (unpaired) electrons. The minimum absolute atomic E-state index is 0.709. The molecule has 1 rings (SSSR count). The summed E-state index contributed by atoms with van der Waals surface area (Å²) in [5.41, 5.74) is 0.709. The van der Waals surface area contributed by atoms with Crippen LogP contribution in [0.5, 0.6) is 0 Å². The van der Waals surface area contributed by atoms with Gasteiger partial charge in [-0.25, -0.2) is 4.74 Å². The van der Waals surface area contributed by atoms with Crippen molar-refractivity contribution < 1.29 is 0 Å². The molecule has 1 aromatic rings. The highest BCUT2D eigenvalue weighted by molar-refractivity contribution is 8.26. The molecule has 0 N–H and O–H groups in total. The summed E-state index contributed by atoms with van der Waals surface area (Å²) in [6, 6.07) is 9.16. The van der Waals surface area contributed by atoms with Crippen LogP contribution in [0.4, 0.5) is 5.69 Å². The van der Waals surface area contributed by atoms with Gasteiger partial charge in [-0.15, -0.1) is 0 Å². The van der Waals surface area contributed by atoms with Crippen molar-refractivity contribution >= 4 is 44.5 Å². The second-order valence-corrected chi connectivity index (χ2v) is 8.85. The zero-order chi connectivity index (χ0) is 8.32. The Bertz CT molecular complexity index is 271. The quantitative estimate of drug-likeness (QED) is 0.601. The highest BCUT2D eigenvalue weighted by Crippen LogP contribution is 2.66. The number of nitrogens with zero attached hydrogens (tertiary/aromatic N) is 1. The fourth-order valence-corrected chi connectivity index (χ4v) is 1.81. The largest absolute Gasteiger partial charge is 0.229 e. The third kappa shape index (κ3) is 4.03. The van der Waals surface area contributed by atoms with E-state index in [0.29, 0.717) is 5.69 Å². The Morgan fingerprint density at radius 1 is 1.00 bits per heavy atom. The molecule has 0 saturated heterocycles. The molecule has 0 unspecified atom stereocenters. The van der Waals surface area contributed by atoms with Crippen molar-refractivity contribution in [1.29, 1.82) is 0 Å². The summed E-state index contributed by atoms with van der Waals surface area (Å²) in [6.45, 7) is 0. The summed E-state index contributed by atoms with van der Waals surface area (Å²) in [5.74, 6) is 0. The van der Waals surface area contributed by atoms with Crippen LogP contribution in [0.25, 0.3) is 0 Å². The summed E-state index contributed by atoms with van der Waals surface area (Å²) in [7, 11) is 0. The van der Waals surface area contributed by atoms with Crippen molar-refractivity contribution in [2.45, 2.75) is 0 Å². The van der Waals surface area contributed by atoms with Crippen molar-refractivity contribution in [2.75, 3.05) is 0 Å². The molecular weight excluding hydrogens is 223 g/mol. The molecule has 0 aliphatic heterocycles. The lowest BCUT2D eigenvalue weighted by Gasteiger charge is -1.96. The Kier molecular flexibility index (Phi) is 3.27. The van der Waals surface area contributed by atoms with Gasteiger partial charge in [0.1, 0.15) is 0 Å². The van der Waals surface area contributed by atoms with Gasteiger partial charge in [0.2, 0.25) is 5.11 Å². The van der Waals surface area contributed by atoms with Crippen molar-refractivity contribution in [3.05, 3.63) is 30.3 Å². The maximum atomic E-state index is 5.54. The SMILES string of the molecule is ClP(Cl)(Cl)=Nc1ccccc1. The van der Waals surface area contributed by atoms with Crippen molar-refractivity contribution in [2.24, 2.45) is 4.74 Å². The van der Waals surface area contributed by atoms with E-state index in [9.17, 15) is 0 Å². The molecule has 0 aliphatic carbocycles. The molecule has 1 aromatic carbocycles. The van der Waals surface area contributed by atoms with Gasteiger partial charge >= 0.3 is 0 Å². The van der Waals surface area contributed by atoms with Crippen LogP contribution in [-0.4, -0.2) is 0 Å². The molecule has 0 spiro atoms. The van der Waals surface area contributed by atoms with Gasteiger partial charge < -0.3 is 0 Å². The summed E-state index contributed by atoms with van der Waals surface area (Å²) in [4.78, 5) is 0. The van der Waals surface area contributed by atoms with Crippen LogP contribution in [0, 0.1) is 0 Å². The van der Waals surface area contributed by atoms with Gasteiger partial charge in [-0.2, -0.15) is 0 Å². The minimum Gasteiger partial charge on any atom is -0.223 e. The average molecular weight is 228 g/mol. The number of hydrogen-bond donors (Lipinski definition) is 0. The smallest absolute Gasteiger partial charge is 0.223 e. The Morgan fingerprint density at radius 2 is 1.55 bits per heavy atom.